The molecule has 1 saturated heterocycles. The van der Waals surface area contributed by atoms with Crippen LogP contribution in [0.2, 0.25) is 0 Å². The summed E-state index contributed by atoms with van der Waals surface area (Å²) in [5.41, 5.74) is 2.66. The molecule has 1 amide bonds. The Bertz CT molecular complexity index is 1240. The fourth-order valence-corrected chi connectivity index (χ4v) is 4.28. The Balaban J connectivity index is 0.00000324. The molecule has 0 aliphatic carbocycles. The minimum absolute atomic E-state index is 0. The molecule has 4 rings (SSSR count). The predicted octanol–water partition coefficient (Wildman–Crippen LogP) is 3.55. The van der Waals surface area contributed by atoms with Gasteiger partial charge in [-0.3, -0.25) is 14.6 Å². The van der Waals surface area contributed by atoms with Gasteiger partial charge in [0.05, 0.1) is 36.2 Å². The molecule has 0 unspecified atom stereocenters. The number of nitrogens with one attached hydrogen (secondary N) is 2. The lowest BCUT2D eigenvalue weighted by molar-refractivity contribution is 0.0938. The van der Waals surface area contributed by atoms with Crippen molar-refractivity contribution in [3.63, 3.8) is 0 Å². The minimum Gasteiger partial charge on any atom is -0.363 e. The van der Waals surface area contributed by atoms with Crippen molar-refractivity contribution in [1.29, 1.82) is 0 Å². The van der Waals surface area contributed by atoms with Crippen LogP contribution in [0.5, 0.6) is 0 Å². The van der Waals surface area contributed by atoms with Gasteiger partial charge < -0.3 is 15.1 Å². The largest absolute Gasteiger partial charge is 0.363 e. The molecule has 11 heteroatoms. The van der Waals surface area contributed by atoms with Crippen LogP contribution >= 0.6 is 13.5 Å². The number of aryl methyl sites for hydroxylation is 2. The van der Waals surface area contributed by atoms with E-state index in [1.54, 1.807) is 29.6 Å². The molecule has 8 nitrogen and oxygen atoms in total. The number of benzene rings is 1. The van der Waals surface area contributed by atoms with Crippen molar-refractivity contribution in [1.82, 2.24) is 25.3 Å². The van der Waals surface area contributed by atoms with Crippen molar-refractivity contribution in [3.8, 4) is 11.1 Å². The second-order valence-electron chi connectivity index (χ2n) is 8.79. The molecule has 1 fully saturated rings. The Kier molecular flexibility index (Phi) is 7.02. The van der Waals surface area contributed by atoms with Crippen molar-refractivity contribution in [2.75, 3.05) is 24.5 Å². The zero-order chi connectivity index (χ0) is 23.9. The summed E-state index contributed by atoms with van der Waals surface area (Å²) < 4.78 is 31.2. The summed E-state index contributed by atoms with van der Waals surface area (Å²) in [5.74, 6) is -2.14. The van der Waals surface area contributed by atoms with Crippen LogP contribution in [-0.4, -0.2) is 51.6 Å². The molecule has 34 heavy (non-hydrogen) atoms. The van der Waals surface area contributed by atoms with E-state index in [0.717, 1.165) is 34.6 Å². The molecule has 1 aliphatic heterocycles. The van der Waals surface area contributed by atoms with E-state index in [1.165, 1.54) is 0 Å². The summed E-state index contributed by atoms with van der Waals surface area (Å²) in [7, 11) is 0. The third-order valence-corrected chi connectivity index (χ3v) is 5.87. The van der Waals surface area contributed by atoms with Crippen molar-refractivity contribution in [3.05, 3.63) is 64.5 Å². The van der Waals surface area contributed by atoms with Gasteiger partial charge in [-0.25, -0.2) is 15.4 Å². The first kappa shape index (κ1) is 25.2. The van der Waals surface area contributed by atoms with Crippen LogP contribution in [0.25, 0.3) is 16.0 Å². The molecule has 2 N–H and O–H groups in total. The van der Waals surface area contributed by atoms with Crippen LogP contribution in [0.3, 0.4) is 0 Å². The van der Waals surface area contributed by atoms with Crippen molar-refractivity contribution in [2.24, 2.45) is 0 Å². The number of hydrogen-bond acceptors (Lipinski definition) is 4. The molecule has 1 aromatic carbocycles. The number of aromatic amines is 1. The van der Waals surface area contributed by atoms with Gasteiger partial charge in [-0.05, 0) is 33.8 Å². The molecule has 0 atom stereocenters. The zero-order valence-electron chi connectivity index (χ0n) is 19.4. The lowest BCUT2D eigenvalue weighted by Crippen LogP contribution is -2.65. The van der Waals surface area contributed by atoms with Gasteiger partial charge in [0, 0.05) is 35.1 Å². The summed E-state index contributed by atoms with van der Waals surface area (Å²) in [4.78, 5) is 17.4. The van der Waals surface area contributed by atoms with Crippen LogP contribution in [0.15, 0.2) is 24.5 Å². The Morgan fingerprint density at radius 2 is 2.00 bits per heavy atom. The highest BCUT2D eigenvalue weighted by atomic mass is 32.1. The van der Waals surface area contributed by atoms with E-state index in [2.05, 4.69) is 25.5 Å². The number of carbonyl (C=O) groups excluding carboxylic acids is 1. The minimum atomic E-state index is -0.792. The number of anilines is 1. The summed E-state index contributed by atoms with van der Waals surface area (Å²) in [6.45, 7) is 15.4. The number of nitrogens with zero attached hydrogens (tertiary/aromatic N) is 5. The van der Waals surface area contributed by atoms with Crippen LogP contribution in [-0.2, 0) is 5.54 Å². The fourth-order valence-electron chi connectivity index (χ4n) is 4.28. The lowest BCUT2D eigenvalue weighted by atomic mass is 9.89. The van der Waals surface area contributed by atoms with E-state index < -0.39 is 23.1 Å². The first-order valence-corrected chi connectivity index (χ1v) is 10.6. The lowest BCUT2D eigenvalue weighted by Gasteiger charge is -2.48. The standard InChI is InChI=1S/C23H25F2N7O.H2S/c1-13(2)28-22(33)17-6-19(25)20(7-18(17)24)31-11-23(12-31,10-26-5)32-9-16(8-27-32)21-14(3)29-30-15(21)4;/h6-9,13H,10-12H2,1-4H3,(H,28,33)(H,29,30);1H2. The topological polar surface area (TPSA) is 83.2 Å². The van der Waals surface area contributed by atoms with Crippen LogP contribution in [0, 0.1) is 32.1 Å². The first-order valence-electron chi connectivity index (χ1n) is 10.6. The number of rotatable bonds is 6. The normalized spacial score (nSPS) is 14.4. The summed E-state index contributed by atoms with van der Waals surface area (Å²) in [6.07, 6.45) is 3.59. The van der Waals surface area contributed by atoms with E-state index in [0.29, 0.717) is 0 Å². The molecule has 3 aromatic rings. The van der Waals surface area contributed by atoms with Crippen molar-refractivity contribution in [2.45, 2.75) is 39.3 Å². The van der Waals surface area contributed by atoms with E-state index in [-0.39, 0.29) is 50.4 Å². The molecule has 0 spiro atoms. The Labute approximate surface area is 203 Å². The summed E-state index contributed by atoms with van der Waals surface area (Å²) in [5, 5.41) is 14.2. The molecular weight excluding hydrogens is 460 g/mol. The molecule has 180 valence electrons. The van der Waals surface area contributed by atoms with E-state index in [9.17, 15) is 13.6 Å². The van der Waals surface area contributed by atoms with Crippen molar-refractivity contribution >= 4 is 25.1 Å². The van der Waals surface area contributed by atoms with E-state index in [4.69, 9.17) is 6.57 Å². The van der Waals surface area contributed by atoms with Gasteiger partial charge in [-0.1, -0.05) is 0 Å². The van der Waals surface area contributed by atoms with E-state index in [1.807, 2.05) is 20.0 Å². The second kappa shape index (κ2) is 9.46. The third kappa shape index (κ3) is 4.37. The average molecular weight is 488 g/mol. The quantitative estimate of drug-likeness (QED) is 0.521. The molecule has 0 bridgehead atoms. The number of aromatic nitrogens is 4. The number of amides is 1. The molecule has 1 aliphatic rings. The van der Waals surface area contributed by atoms with Crippen LogP contribution < -0.4 is 10.2 Å². The maximum atomic E-state index is 14.8. The number of H-pyrrole nitrogens is 1. The van der Waals surface area contributed by atoms with Gasteiger partial charge in [0.25, 0.3) is 5.91 Å². The zero-order valence-corrected chi connectivity index (χ0v) is 20.4. The molecule has 0 radical (unpaired) electrons. The average Bonchev–Trinajstić information content (AvgIpc) is 3.32. The van der Waals surface area contributed by atoms with Crippen molar-refractivity contribution < 1.29 is 13.6 Å². The maximum Gasteiger partial charge on any atom is 0.254 e. The SMILES string of the molecule is S.[C-]#[N+]CC1(n2cc(-c3c(C)n[nH]c3C)cn2)CN(c2cc(F)c(C(=O)NC(C)C)cc2F)C1. The van der Waals surface area contributed by atoms with Gasteiger partial charge in [-0.2, -0.15) is 23.7 Å². The summed E-state index contributed by atoms with van der Waals surface area (Å²) >= 11 is 0. The van der Waals surface area contributed by atoms with Crippen LogP contribution in [0.4, 0.5) is 14.5 Å². The van der Waals surface area contributed by atoms with Gasteiger partial charge in [0.15, 0.2) is 5.54 Å². The number of halogens is 2. The molecule has 2 aromatic heterocycles. The smallest absolute Gasteiger partial charge is 0.254 e. The van der Waals surface area contributed by atoms with Gasteiger partial charge >= 0.3 is 0 Å². The van der Waals surface area contributed by atoms with Gasteiger partial charge in [0.1, 0.15) is 11.6 Å². The number of hydrogen-bond donors (Lipinski definition) is 2. The highest BCUT2D eigenvalue weighted by molar-refractivity contribution is 7.59. The second-order valence-corrected chi connectivity index (χ2v) is 8.79. The molecular formula is C23H27F2N7OS. The maximum absolute atomic E-state index is 14.8. The monoisotopic (exact) mass is 487 g/mol. The Morgan fingerprint density at radius 1 is 1.29 bits per heavy atom. The molecule has 3 heterocycles. The van der Waals surface area contributed by atoms with Gasteiger partial charge in [-0.15, -0.1) is 0 Å². The molecule has 0 saturated carbocycles. The Morgan fingerprint density at radius 3 is 2.59 bits per heavy atom. The number of carbonyl (C=O) groups is 1. The summed E-state index contributed by atoms with van der Waals surface area (Å²) in [6, 6.07) is 1.77. The predicted molar refractivity (Wildman–Crippen MR) is 130 cm³/mol. The fraction of sp³-hybridized carbons (Fsp3) is 0.391. The third-order valence-electron chi connectivity index (χ3n) is 5.87. The highest BCUT2D eigenvalue weighted by Gasteiger charge is 2.49. The first-order chi connectivity index (χ1) is 15.6. The Hall–Kier alpha value is -3.39. The highest BCUT2D eigenvalue weighted by Crippen LogP contribution is 2.37. The van der Waals surface area contributed by atoms with Crippen LogP contribution in [0.1, 0.15) is 35.6 Å². The van der Waals surface area contributed by atoms with E-state index >= 15 is 0 Å². The van der Waals surface area contributed by atoms with Gasteiger partial charge in [0.2, 0.25) is 6.54 Å².